The van der Waals surface area contributed by atoms with Crippen molar-refractivity contribution in [3.63, 3.8) is 0 Å². The zero-order chi connectivity index (χ0) is 18.8. The molecular formula is C21H31N3O3. The lowest BCUT2D eigenvalue weighted by Crippen LogP contribution is -2.43. The van der Waals surface area contributed by atoms with Crippen molar-refractivity contribution in [3.8, 4) is 5.75 Å². The molecule has 2 aliphatic heterocycles. The van der Waals surface area contributed by atoms with Crippen LogP contribution in [-0.2, 0) is 11.2 Å². The van der Waals surface area contributed by atoms with Crippen LogP contribution in [0.4, 0.5) is 4.79 Å². The van der Waals surface area contributed by atoms with Gasteiger partial charge in [-0.15, -0.1) is 0 Å². The third-order valence-electron chi connectivity index (χ3n) is 6.29. The van der Waals surface area contributed by atoms with Gasteiger partial charge in [-0.1, -0.05) is 12.1 Å². The molecule has 0 N–H and O–H groups in total. The largest absolute Gasteiger partial charge is 0.414 e. The van der Waals surface area contributed by atoms with Crippen molar-refractivity contribution in [1.29, 1.82) is 0 Å². The topological polar surface area (TPSA) is 45.2 Å². The van der Waals surface area contributed by atoms with E-state index in [0.29, 0.717) is 12.0 Å². The molecule has 2 saturated heterocycles. The van der Waals surface area contributed by atoms with Crippen LogP contribution in [0.15, 0.2) is 18.2 Å². The lowest BCUT2D eigenvalue weighted by atomic mass is 9.79. The molecule has 148 valence electrons. The monoisotopic (exact) mass is 373 g/mol. The summed E-state index contributed by atoms with van der Waals surface area (Å²) in [6.45, 7) is 7.31. The number of hydrogen-bond acceptors (Lipinski definition) is 5. The van der Waals surface area contributed by atoms with Gasteiger partial charge >= 0.3 is 6.09 Å². The molecule has 3 aliphatic rings. The third-order valence-corrected chi connectivity index (χ3v) is 6.29. The van der Waals surface area contributed by atoms with Gasteiger partial charge in [0.15, 0.2) is 0 Å². The van der Waals surface area contributed by atoms with E-state index in [-0.39, 0.29) is 6.09 Å². The third kappa shape index (κ3) is 3.98. The van der Waals surface area contributed by atoms with Crippen LogP contribution >= 0.6 is 0 Å². The molecule has 6 heteroatoms. The number of carbonyl (C=O) groups excluding carboxylic acids is 1. The minimum atomic E-state index is -0.302. The molecule has 2 heterocycles. The molecule has 0 spiro atoms. The van der Waals surface area contributed by atoms with Gasteiger partial charge in [0, 0.05) is 52.2 Å². The van der Waals surface area contributed by atoms with Gasteiger partial charge in [-0.25, -0.2) is 4.79 Å². The van der Waals surface area contributed by atoms with Crippen LogP contribution in [0.25, 0.3) is 0 Å². The molecule has 0 radical (unpaired) electrons. The fourth-order valence-corrected chi connectivity index (χ4v) is 4.81. The number of likely N-dealkylation sites (tertiary alicyclic amines) is 1. The molecule has 1 aromatic rings. The molecule has 27 heavy (non-hydrogen) atoms. The Labute approximate surface area is 162 Å². The zero-order valence-electron chi connectivity index (χ0n) is 16.5. The summed E-state index contributed by atoms with van der Waals surface area (Å²) in [5.41, 5.74) is 2.63. The quantitative estimate of drug-likeness (QED) is 0.810. The number of morpholine rings is 1. The van der Waals surface area contributed by atoms with Crippen LogP contribution in [0.2, 0.25) is 0 Å². The van der Waals surface area contributed by atoms with Gasteiger partial charge in [-0.3, -0.25) is 9.80 Å². The second-order valence-electron chi connectivity index (χ2n) is 8.08. The van der Waals surface area contributed by atoms with Crippen LogP contribution < -0.4 is 4.74 Å². The van der Waals surface area contributed by atoms with Crippen molar-refractivity contribution in [1.82, 2.24) is 14.7 Å². The fraction of sp³-hybridized carbons (Fsp3) is 0.667. The van der Waals surface area contributed by atoms with Gasteiger partial charge in [0.1, 0.15) is 5.75 Å². The molecule has 1 aliphatic carbocycles. The predicted molar refractivity (Wildman–Crippen MR) is 104 cm³/mol. The van der Waals surface area contributed by atoms with E-state index in [4.69, 9.17) is 9.47 Å². The van der Waals surface area contributed by atoms with Gasteiger partial charge in [0.2, 0.25) is 0 Å². The SMILES string of the molecule is CN(C)C(=O)Oc1cccc2c1CC[C@H]1[C@@H]2CCN1CCN1CCOCC1. The second kappa shape index (κ2) is 8.17. The van der Waals surface area contributed by atoms with Crippen molar-refractivity contribution >= 4 is 6.09 Å². The number of carbonyl (C=O) groups is 1. The van der Waals surface area contributed by atoms with Crippen molar-refractivity contribution in [2.24, 2.45) is 0 Å². The number of amides is 1. The first-order valence-electron chi connectivity index (χ1n) is 10.2. The van der Waals surface area contributed by atoms with Crippen LogP contribution in [0.5, 0.6) is 5.75 Å². The Hall–Kier alpha value is -1.63. The smallest absolute Gasteiger partial charge is 0.410 e. The molecule has 4 rings (SSSR count). The zero-order valence-corrected chi connectivity index (χ0v) is 16.5. The first kappa shape index (κ1) is 18.7. The summed E-state index contributed by atoms with van der Waals surface area (Å²) < 4.78 is 11.1. The lowest BCUT2D eigenvalue weighted by Gasteiger charge is -2.35. The van der Waals surface area contributed by atoms with Crippen LogP contribution in [0.3, 0.4) is 0 Å². The summed E-state index contributed by atoms with van der Waals surface area (Å²) in [6, 6.07) is 6.84. The van der Waals surface area contributed by atoms with E-state index in [9.17, 15) is 4.79 Å². The molecule has 0 saturated carbocycles. The molecule has 1 amide bonds. The van der Waals surface area contributed by atoms with Gasteiger partial charge in [-0.2, -0.15) is 0 Å². The highest BCUT2D eigenvalue weighted by molar-refractivity contribution is 5.70. The number of ether oxygens (including phenoxy) is 2. The average molecular weight is 373 g/mol. The van der Waals surface area contributed by atoms with Crippen molar-refractivity contribution in [2.45, 2.75) is 31.2 Å². The maximum Gasteiger partial charge on any atom is 0.414 e. The minimum absolute atomic E-state index is 0.302. The maximum absolute atomic E-state index is 12.0. The van der Waals surface area contributed by atoms with E-state index < -0.39 is 0 Å². The van der Waals surface area contributed by atoms with E-state index in [1.54, 1.807) is 14.1 Å². The van der Waals surface area contributed by atoms with Crippen LogP contribution in [0, 0.1) is 0 Å². The number of benzene rings is 1. The summed E-state index contributed by atoms with van der Waals surface area (Å²) in [7, 11) is 3.44. The summed E-state index contributed by atoms with van der Waals surface area (Å²) in [5, 5.41) is 0. The van der Waals surface area contributed by atoms with Gasteiger partial charge < -0.3 is 14.4 Å². The Balaban J connectivity index is 1.43. The Morgan fingerprint density at radius 3 is 2.78 bits per heavy atom. The van der Waals surface area contributed by atoms with Crippen molar-refractivity contribution in [2.75, 3.05) is 60.0 Å². The predicted octanol–water partition coefficient (Wildman–Crippen LogP) is 2.18. The highest BCUT2D eigenvalue weighted by atomic mass is 16.6. The van der Waals surface area contributed by atoms with Crippen LogP contribution in [-0.4, -0.2) is 86.9 Å². The number of nitrogens with zero attached hydrogens (tertiary/aromatic N) is 3. The number of rotatable bonds is 4. The Bertz CT molecular complexity index is 673. The van der Waals surface area contributed by atoms with Crippen molar-refractivity contribution in [3.05, 3.63) is 29.3 Å². The normalized spacial score (nSPS) is 25.7. The van der Waals surface area contributed by atoms with E-state index >= 15 is 0 Å². The summed E-state index contributed by atoms with van der Waals surface area (Å²) in [5.74, 6) is 1.31. The highest BCUT2D eigenvalue weighted by Crippen LogP contribution is 2.44. The van der Waals surface area contributed by atoms with Gasteiger partial charge in [0.05, 0.1) is 13.2 Å². The summed E-state index contributed by atoms with van der Waals surface area (Å²) >= 11 is 0. The van der Waals surface area contributed by atoms with E-state index in [2.05, 4.69) is 15.9 Å². The Morgan fingerprint density at radius 1 is 1.19 bits per heavy atom. The minimum Gasteiger partial charge on any atom is -0.410 e. The Kier molecular flexibility index (Phi) is 5.66. The highest BCUT2D eigenvalue weighted by Gasteiger charge is 2.39. The molecule has 0 unspecified atom stereocenters. The molecule has 0 aromatic heterocycles. The first-order chi connectivity index (χ1) is 13.1. The average Bonchev–Trinajstić information content (AvgIpc) is 3.11. The molecular weight excluding hydrogens is 342 g/mol. The number of hydrogen-bond donors (Lipinski definition) is 0. The van der Waals surface area contributed by atoms with Gasteiger partial charge in [0.25, 0.3) is 0 Å². The standard InChI is InChI=1S/C21H31N3O3/c1-22(2)21(25)27-20-5-3-4-16-17-8-9-24(19(17)7-6-18(16)20)11-10-23-12-14-26-15-13-23/h3-5,17,19H,6-15H2,1-2H3/t17-,19+/m1/s1. The first-order valence-corrected chi connectivity index (χ1v) is 10.2. The Morgan fingerprint density at radius 2 is 2.00 bits per heavy atom. The van der Waals surface area contributed by atoms with E-state index in [1.807, 2.05) is 12.1 Å². The van der Waals surface area contributed by atoms with Crippen LogP contribution in [0.1, 0.15) is 29.9 Å². The molecule has 1 aromatic carbocycles. The maximum atomic E-state index is 12.0. The van der Waals surface area contributed by atoms with Crippen molar-refractivity contribution < 1.29 is 14.3 Å². The second-order valence-corrected chi connectivity index (χ2v) is 8.08. The fourth-order valence-electron chi connectivity index (χ4n) is 4.81. The summed E-state index contributed by atoms with van der Waals surface area (Å²) in [6.07, 6.45) is 3.04. The van der Waals surface area contributed by atoms with E-state index in [1.165, 1.54) is 29.0 Å². The molecule has 2 atom stereocenters. The molecule has 0 bridgehead atoms. The van der Waals surface area contributed by atoms with E-state index in [0.717, 1.165) is 58.0 Å². The summed E-state index contributed by atoms with van der Waals surface area (Å²) in [4.78, 5) is 18.7. The molecule has 2 fully saturated rings. The van der Waals surface area contributed by atoms with Gasteiger partial charge in [-0.05, 0) is 43.0 Å². The lowest BCUT2D eigenvalue weighted by molar-refractivity contribution is 0.0322. The molecule has 6 nitrogen and oxygen atoms in total. The number of fused-ring (bicyclic) bond motifs is 3.